The number of nitrogens with one attached hydrogen (secondary N) is 1. The lowest BCUT2D eigenvalue weighted by atomic mass is 10.1. The quantitative estimate of drug-likeness (QED) is 0.445. The van der Waals surface area contributed by atoms with Gasteiger partial charge in [-0.25, -0.2) is 0 Å². The normalized spacial score (nSPS) is 11.9. The number of hydrogen-bond acceptors (Lipinski definition) is 5. The zero-order valence-electron chi connectivity index (χ0n) is 15.9. The highest BCUT2D eigenvalue weighted by atomic mass is 32.2. The summed E-state index contributed by atoms with van der Waals surface area (Å²) in [6.45, 7) is 2.09. The molecule has 0 fully saturated rings. The zero-order valence-corrected chi connectivity index (χ0v) is 16.7. The van der Waals surface area contributed by atoms with Crippen molar-refractivity contribution in [3.05, 3.63) is 84.8 Å². The van der Waals surface area contributed by atoms with Gasteiger partial charge in [0.25, 0.3) is 0 Å². The van der Waals surface area contributed by atoms with Gasteiger partial charge in [-0.05, 0) is 30.7 Å². The summed E-state index contributed by atoms with van der Waals surface area (Å²) in [4.78, 5) is 12.4. The van der Waals surface area contributed by atoms with Crippen LogP contribution in [0.5, 0.6) is 0 Å². The van der Waals surface area contributed by atoms with Crippen molar-refractivity contribution in [2.24, 2.45) is 0 Å². The van der Waals surface area contributed by atoms with Gasteiger partial charge >= 0.3 is 0 Å². The second kappa shape index (κ2) is 8.79. The van der Waals surface area contributed by atoms with E-state index in [-0.39, 0.29) is 17.7 Å². The van der Waals surface area contributed by atoms with E-state index in [4.69, 9.17) is 4.42 Å². The summed E-state index contributed by atoms with van der Waals surface area (Å²) in [7, 11) is 0. The molecule has 2 heterocycles. The Morgan fingerprint density at radius 1 is 1.07 bits per heavy atom. The van der Waals surface area contributed by atoms with Crippen LogP contribution < -0.4 is 5.32 Å². The largest absolute Gasteiger partial charge is 0.472 e. The predicted molar refractivity (Wildman–Crippen MR) is 114 cm³/mol. The van der Waals surface area contributed by atoms with Gasteiger partial charge in [0.15, 0.2) is 11.0 Å². The van der Waals surface area contributed by atoms with Gasteiger partial charge in [0, 0.05) is 5.69 Å². The molecule has 2 aromatic heterocycles. The Kier molecular flexibility index (Phi) is 5.76. The highest BCUT2D eigenvalue weighted by molar-refractivity contribution is 7.99. The number of anilines is 1. The highest BCUT2D eigenvalue weighted by Gasteiger charge is 2.21. The summed E-state index contributed by atoms with van der Waals surface area (Å²) in [5.41, 5.74) is 2.75. The Hall–Kier alpha value is -3.32. The first-order chi connectivity index (χ1) is 14.2. The molecule has 146 valence electrons. The topological polar surface area (TPSA) is 73.0 Å². The number of carbonyl (C=O) groups is 1. The molecule has 2 aromatic carbocycles. The van der Waals surface area contributed by atoms with Crippen LogP contribution in [0.3, 0.4) is 0 Å². The number of aromatic nitrogens is 3. The average molecular weight is 404 g/mol. The molecule has 0 bridgehead atoms. The second-order valence-corrected chi connectivity index (χ2v) is 7.42. The minimum absolute atomic E-state index is 0.00390. The molecule has 0 aliphatic carbocycles. The Labute approximate surface area is 173 Å². The first-order valence-electron chi connectivity index (χ1n) is 9.22. The number of rotatable bonds is 7. The van der Waals surface area contributed by atoms with Gasteiger partial charge in [-0.2, -0.15) is 0 Å². The summed E-state index contributed by atoms with van der Waals surface area (Å²) in [5, 5.41) is 12.3. The summed E-state index contributed by atoms with van der Waals surface area (Å²) < 4.78 is 7.27. The first kappa shape index (κ1) is 19.0. The zero-order chi connectivity index (χ0) is 20.1. The summed E-state index contributed by atoms with van der Waals surface area (Å²) in [6, 6.07) is 21.4. The van der Waals surface area contributed by atoms with Crippen molar-refractivity contribution >= 4 is 23.4 Å². The third-order valence-electron chi connectivity index (χ3n) is 4.50. The minimum Gasteiger partial charge on any atom is -0.472 e. The molecule has 0 spiro atoms. The summed E-state index contributed by atoms with van der Waals surface area (Å²) in [5.74, 6) is 0.856. The molecule has 0 radical (unpaired) electrons. The molecule has 1 atom stereocenters. The maximum absolute atomic E-state index is 12.4. The van der Waals surface area contributed by atoms with Crippen LogP contribution in [0.25, 0.3) is 11.4 Å². The fraction of sp³-hybridized carbons (Fsp3) is 0.136. The fourth-order valence-electron chi connectivity index (χ4n) is 3.04. The van der Waals surface area contributed by atoms with Crippen LogP contribution in [-0.4, -0.2) is 26.4 Å². The van der Waals surface area contributed by atoms with E-state index >= 15 is 0 Å². The molecule has 4 aromatic rings. The maximum Gasteiger partial charge on any atom is 0.234 e. The van der Waals surface area contributed by atoms with Gasteiger partial charge in [0.05, 0.1) is 23.6 Å². The second-order valence-electron chi connectivity index (χ2n) is 6.48. The first-order valence-corrected chi connectivity index (χ1v) is 10.2. The van der Waals surface area contributed by atoms with Gasteiger partial charge in [-0.15, -0.1) is 10.2 Å². The lowest BCUT2D eigenvalue weighted by Crippen LogP contribution is -2.15. The van der Waals surface area contributed by atoms with Gasteiger partial charge in [-0.1, -0.05) is 60.3 Å². The van der Waals surface area contributed by atoms with E-state index in [1.807, 2.05) is 59.2 Å². The molecule has 0 aliphatic heterocycles. The average Bonchev–Trinajstić information content (AvgIpc) is 3.43. The van der Waals surface area contributed by atoms with E-state index < -0.39 is 0 Å². The number of para-hydroxylation sites is 1. The number of benzene rings is 2. The molecule has 0 saturated carbocycles. The van der Waals surface area contributed by atoms with E-state index in [0.29, 0.717) is 11.0 Å². The molecule has 6 nitrogen and oxygen atoms in total. The van der Waals surface area contributed by atoms with Crippen molar-refractivity contribution in [2.75, 3.05) is 11.1 Å². The predicted octanol–water partition coefficient (Wildman–Crippen LogP) is 4.88. The van der Waals surface area contributed by atoms with E-state index in [2.05, 4.69) is 34.6 Å². The van der Waals surface area contributed by atoms with Crippen LogP contribution in [0, 0.1) is 0 Å². The van der Waals surface area contributed by atoms with E-state index in [9.17, 15) is 4.79 Å². The number of thioether (sulfide) groups is 1. The molecule has 1 unspecified atom stereocenters. The van der Waals surface area contributed by atoms with Crippen LogP contribution in [0.15, 0.2) is 88.8 Å². The Bertz CT molecular complexity index is 1060. The van der Waals surface area contributed by atoms with E-state index in [1.54, 1.807) is 12.5 Å². The standard InChI is InChI=1S/C22H20N4O2S/c1-16(17-8-4-2-5-9-17)26-21(18-12-13-28-14-18)24-25-22(26)29-15-20(27)23-19-10-6-3-7-11-19/h2-14,16H,15H2,1H3,(H,23,27). The van der Waals surface area contributed by atoms with Gasteiger partial charge in [-0.3, -0.25) is 9.36 Å². The number of carbonyl (C=O) groups excluding carboxylic acids is 1. The van der Waals surface area contributed by atoms with Crippen LogP contribution in [0.1, 0.15) is 18.5 Å². The Balaban J connectivity index is 1.57. The van der Waals surface area contributed by atoms with Crippen molar-refractivity contribution in [2.45, 2.75) is 18.1 Å². The van der Waals surface area contributed by atoms with Crippen molar-refractivity contribution in [1.82, 2.24) is 14.8 Å². The number of nitrogens with zero attached hydrogens (tertiary/aromatic N) is 3. The highest BCUT2D eigenvalue weighted by Crippen LogP contribution is 2.31. The molecule has 29 heavy (non-hydrogen) atoms. The fourth-order valence-corrected chi connectivity index (χ4v) is 3.86. The number of amides is 1. The van der Waals surface area contributed by atoms with Gasteiger partial charge in [0.1, 0.15) is 6.26 Å². The lowest BCUT2D eigenvalue weighted by Gasteiger charge is -2.18. The van der Waals surface area contributed by atoms with Crippen molar-refractivity contribution < 1.29 is 9.21 Å². The van der Waals surface area contributed by atoms with Crippen molar-refractivity contribution in [3.63, 3.8) is 0 Å². The molecule has 1 N–H and O–H groups in total. The molecule has 0 aliphatic rings. The monoisotopic (exact) mass is 404 g/mol. The maximum atomic E-state index is 12.4. The minimum atomic E-state index is -0.0898. The van der Waals surface area contributed by atoms with Crippen molar-refractivity contribution in [1.29, 1.82) is 0 Å². The number of hydrogen-bond donors (Lipinski definition) is 1. The molecular weight excluding hydrogens is 384 g/mol. The molecule has 0 saturated heterocycles. The molecule has 4 rings (SSSR count). The molecule has 1 amide bonds. The van der Waals surface area contributed by atoms with Gasteiger partial charge in [0.2, 0.25) is 5.91 Å². The SMILES string of the molecule is CC(c1ccccc1)n1c(SCC(=O)Nc2ccccc2)nnc1-c1ccoc1. The number of furan rings is 1. The third kappa shape index (κ3) is 4.41. The summed E-state index contributed by atoms with van der Waals surface area (Å²) in [6.07, 6.45) is 3.26. The van der Waals surface area contributed by atoms with Crippen molar-refractivity contribution in [3.8, 4) is 11.4 Å². The summed E-state index contributed by atoms with van der Waals surface area (Å²) >= 11 is 1.36. The van der Waals surface area contributed by atoms with Crippen LogP contribution in [-0.2, 0) is 4.79 Å². The Morgan fingerprint density at radius 2 is 1.79 bits per heavy atom. The third-order valence-corrected chi connectivity index (χ3v) is 5.45. The van der Waals surface area contributed by atoms with Crippen LogP contribution in [0.2, 0.25) is 0 Å². The van der Waals surface area contributed by atoms with Crippen LogP contribution in [0.4, 0.5) is 5.69 Å². The van der Waals surface area contributed by atoms with E-state index in [0.717, 1.165) is 16.8 Å². The molecular formula is C22H20N4O2S. The van der Waals surface area contributed by atoms with E-state index in [1.165, 1.54) is 11.8 Å². The molecule has 7 heteroatoms. The van der Waals surface area contributed by atoms with Crippen LogP contribution >= 0.6 is 11.8 Å². The smallest absolute Gasteiger partial charge is 0.234 e. The Morgan fingerprint density at radius 3 is 2.48 bits per heavy atom. The lowest BCUT2D eigenvalue weighted by molar-refractivity contribution is -0.113. The van der Waals surface area contributed by atoms with Gasteiger partial charge < -0.3 is 9.73 Å².